The first-order chi connectivity index (χ1) is 6.87. The highest BCUT2D eigenvalue weighted by Crippen LogP contribution is 2.08. The van der Waals surface area contributed by atoms with E-state index in [0.717, 1.165) is 19.4 Å². The van der Waals surface area contributed by atoms with Gasteiger partial charge in [-0.3, -0.25) is 4.79 Å². The maximum Gasteiger partial charge on any atom is 0.323 e. The van der Waals surface area contributed by atoms with Crippen LogP contribution in [0.5, 0.6) is 0 Å². The Morgan fingerprint density at radius 3 is 2.47 bits per heavy atom. The molecular weight excluding hydrogens is 194 g/mol. The van der Waals surface area contributed by atoms with Crippen LogP contribution in [0.15, 0.2) is 0 Å². The highest BCUT2D eigenvalue weighted by Gasteiger charge is 2.20. The van der Waals surface area contributed by atoms with Gasteiger partial charge in [0.1, 0.15) is 11.6 Å². The van der Waals surface area contributed by atoms with Crippen molar-refractivity contribution in [2.75, 3.05) is 13.2 Å². The number of aliphatic hydroxyl groups excluding tert-OH is 1. The molecule has 4 heteroatoms. The Morgan fingerprint density at radius 2 is 2.00 bits per heavy atom. The van der Waals surface area contributed by atoms with Crippen LogP contribution in [0.2, 0.25) is 0 Å². The quantitative estimate of drug-likeness (QED) is 0.516. The minimum Gasteiger partial charge on any atom is -0.459 e. The lowest BCUT2D eigenvalue weighted by molar-refractivity contribution is -0.156. The maximum atomic E-state index is 11.5. The van der Waals surface area contributed by atoms with Crippen molar-refractivity contribution in [3.8, 4) is 0 Å². The summed E-state index contributed by atoms with van der Waals surface area (Å²) in [6, 6.07) is -0.289. The largest absolute Gasteiger partial charge is 0.459 e. The average molecular weight is 217 g/mol. The van der Waals surface area contributed by atoms with Gasteiger partial charge in [-0.25, -0.2) is 0 Å². The van der Waals surface area contributed by atoms with Gasteiger partial charge < -0.3 is 15.2 Å². The Bertz CT molecular complexity index is 187. The van der Waals surface area contributed by atoms with Gasteiger partial charge in [-0.2, -0.15) is 0 Å². The Balaban J connectivity index is 3.70. The van der Waals surface area contributed by atoms with Crippen LogP contribution in [-0.2, 0) is 9.53 Å². The smallest absolute Gasteiger partial charge is 0.323 e. The number of aliphatic hydroxyl groups is 1. The van der Waals surface area contributed by atoms with Crippen LogP contribution in [0.4, 0.5) is 0 Å². The van der Waals surface area contributed by atoms with Crippen molar-refractivity contribution < 1.29 is 14.6 Å². The van der Waals surface area contributed by atoms with Gasteiger partial charge in [-0.05, 0) is 47.1 Å². The number of unbranched alkanes of at least 4 members (excludes halogenated alkanes) is 1. The van der Waals surface area contributed by atoms with E-state index in [1.54, 1.807) is 6.92 Å². The van der Waals surface area contributed by atoms with E-state index in [0.29, 0.717) is 0 Å². The Morgan fingerprint density at radius 1 is 1.40 bits per heavy atom. The van der Waals surface area contributed by atoms with Gasteiger partial charge in [0.05, 0.1) is 0 Å². The number of carbonyl (C=O) groups is 1. The van der Waals surface area contributed by atoms with Crippen molar-refractivity contribution in [1.29, 1.82) is 0 Å². The predicted molar refractivity (Wildman–Crippen MR) is 59.6 cm³/mol. The molecular formula is C11H23NO3. The molecule has 0 saturated carbocycles. The highest BCUT2D eigenvalue weighted by atomic mass is 16.6. The molecule has 0 radical (unpaired) electrons. The first-order valence-electron chi connectivity index (χ1n) is 5.44. The molecule has 0 rings (SSSR count). The van der Waals surface area contributed by atoms with Crippen molar-refractivity contribution in [2.24, 2.45) is 0 Å². The van der Waals surface area contributed by atoms with Crippen LogP contribution in [0.1, 0.15) is 40.5 Å². The molecule has 1 unspecified atom stereocenters. The minimum atomic E-state index is -0.432. The normalized spacial score (nSPS) is 13.7. The summed E-state index contributed by atoms with van der Waals surface area (Å²) in [4.78, 5) is 11.5. The summed E-state index contributed by atoms with van der Waals surface area (Å²) in [6.07, 6.45) is 1.62. The van der Waals surface area contributed by atoms with E-state index in [4.69, 9.17) is 9.84 Å². The first kappa shape index (κ1) is 14.4. The molecule has 0 amide bonds. The van der Waals surface area contributed by atoms with Gasteiger partial charge in [-0.1, -0.05) is 0 Å². The molecule has 2 N–H and O–H groups in total. The molecule has 0 fully saturated rings. The molecule has 0 saturated heterocycles. The molecule has 0 heterocycles. The van der Waals surface area contributed by atoms with Crippen LogP contribution in [0.3, 0.4) is 0 Å². The van der Waals surface area contributed by atoms with E-state index >= 15 is 0 Å². The van der Waals surface area contributed by atoms with E-state index in [2.05, 4.69) is 5.32 Å². The molecule has 0 spiro atoms. The van der Waals surface area contributed by atoms with Crippen molar-refractivity contribution in [1.82, 2.24) is 5.32 Å². The lowest BCUT2D eigenvalue weighted by Gasteiger charge is -2.22. The lowest BCUT2D eigenvalue weighted by Crippen LogP contribution is -2.39. The van der Waals surface area contributed by atoms with Crippen LogP contribution in [-0.4, -0.2) is 35.9 Å². The molecule has 90 valence electrons. The minimum absolute atomic E-state index is 0.197. The Kier molecular flexibility index (Phi) is 6.52. The second-order valence-electron chi connectivity index (χ2n) is 4.64. The van der Waals surface area contributed by atoms with Crippen molar-refractivity contribution >= 4 is 5.97 Å². The molecule has 0 aliphatic carbocycles. The fourth-order valence-corrected chi connectivity index (χ4v) is 1.03. The zero-order valence-corrected chi connectivity index (χ0v) is 10.2. The number of carbonyl (C=O) groups excluding carboxylic acids is 1. The summed E-state index contributed by atoms with van der Waals surface area (Å²) in [5.41, 5.74) is -0.432. The third kappa shape index (κ3) is 8.39. The Labute approximate surface area is 92.0 Å². The van der Waals surface area contributed by atoms with Gasteiger partial charge in [-0.15, -0.1) is 0 Å². The van der Waals surface area contributed by atoms with Crippen LogP contribution in [0, 0.1) is 0 Å². The topological polar surface area (TPSA) is 58.6 Å². The maximum absolute atomic E-state index is 11.5. The number of hydrogen-bond acceptors (Lipinski definition) is 4. The molecule has 15 heavy (non-hydrogen) atoms. The second-order valence-corrected chi connectivity index (χ2v) is 4.64. The van der Waals surface area contributed by atoms with E-state index in [-0.39, 0.29) is 18.6 Å². The van der Waals surface area contributed by atoms with Crippen molar-refractivity contribution in [3.63, 3.8) is 0 Å². The Hall–Kier alpha value is -0.610. The van der Waals surface area contributed by atoms with Crippen molar-refractivity contribution in [3.05, 3.63) is 0 Å². The zero-order chi connectivity index (χ0) is 11.9. The molecule has 0 aliphatic heterocycles. The standard InChI is InChI=1S/C11H23NO3/c1-9(12-7-5-6-8-13)10(14)15-11(2,3)4/h9,12-13H,5-8H2,1-4H3. The fraction of sp³-hybridized carbons (Fsp3) is 0.909. The van der Waals surface area contributed by atoms with Crippen molar-refractivity contribution in [2.45, 2.75) is 52.2 Å². The summed E-state index contributed by atoms with van der Waals surface area (Å²) in [6.45, 7) is 8.26. The molecule has 4 nitrogen and oxygen atoms in total. The predicted octanol–water partition coefficient (Wildman–Crippen LogP) is 1.08. The fourth-order valence-electron chi connectivity index (χ4n) is 1.03. The van der Waals surface area contributed by atoms with Gasteiger partial charge in [0, 0.05) is 6.61 Å². The van der Waals surface area contributed by atoms with Gasteiger partial charge in [0.15, 0.2) is 0 Å². The summed E-state index contributed by atoms with van der Waals surface area (Å²) < 4.78 is 5.21. The van der Waals surface area contributed by atoms with E-state index in [1.165, 1.54) is 0 Å². The van der Waals surface area contributed by atoms with Gasteiger partial charge >= 0.3 is 5.97 Å². The van der Waals surface area contributed by atoms with Crippen LogP contribution < -0.4 is 5.32 Å². The van der Waals surface area contributed by atoms with Gasteiger partial charge in [0.2, 0.25) is 0 Å². The van der Waals surface area contributed by atoms with E-state index in [9.17, 15) is 4.79 Å². The second kappa shape index (κ2) is 6.80. The number of nitrogens with one attached hydrogen (secondary N) is 1. The first-order valence-corrected chi connectivity index (χ1v) is 5.44. The van der Waals surface area contributed by atoms with E-state index in [1.807, 2.05) is 20.8 Å². The third-order valence-corrected chi connectivity index (χ3v) is 1.80. The average Bonchev–Trinajstić information content (AvgIpc) is 2.09. The molecule has 0 aliphatic rings. The number of hydrogen-bond donors (Lipinski definition) is 2. The summed E-state index contributed by atoms with van der Waals surface area (Å²) >= 11 is 0. The number of rotatable bonds is 6. The molecule has 0 bridgehead atoms. The number of ether oxygens (including phenoxy) is 1. The lowest BCUT2D eigenvalue weighted by atomic mass is 10.2. The summed E-state index contributed by atoms with van der Waals surface area (Å²) in [5, 5.41) is 11.6. The summed E-state index contributed by atoms with van der Waals surface area (Å²) in [7, 11) is 0. The van der Waals surface area contributed by atoms with E-state index < -0.39 is 5.60 Å². The molecule has 0 aromatic heterocycles. The number of esters is 1. The highest BCUT2D eigenvalue weighted by molar-refractivity contribution is 5.75. The van der Waals surface area contributed by atoms with Crippen LogP contribution in [0.25, 0.3) is 0 Å². The SMILES string of the molecule is CC(NCCCCO)C(=O)OC(C)(C)C. The van der Waals surface area contributed by atoms with Gasteiger partial charge in [0.25, 0.3) is 0 Å². The molecule has 0 aromatic carbocycles. The molecule has 0 aromatic rings. The monoisotopic (exact) mass is 217 g/mol. The summed E-state index contributed by atoms with van der Waals surface area (Å²) in [5.74, 6) is -0.230. The third-order valence-electron chi connectivity index (χ3n) is 1.80. The zero-order valence-electron chi connectivity index (χ0n) is 10.2. The molecule has 1 atom stereocenters. The van der Waals surface area contributed by atoms with Crippen LogP contribution >= 0.6 is 0 Å².